The Balaban J connectivity index is 1.94. The third kappa shape index (κ3) is 5.95. The van der Waals surface area contributed by atoms with Gasteiger partial charge in [0.1, 0.15) is 12.4 Å². The topological polar surface area (TPSA) is 79.8 Å². The Hall–Kier alpha value is -3.41. The molecule has 0 aliphatic rings. The molecular formula is C19H19N3O3. The molecule has 2 amide bonds. The number of carbonyl (C=O) groups is 2. The lowest BCUT2D eigenvalue weighted by atomic mass is 10.2. The van der Waals surface area contributed by atoms with Gasteiger partial charge in [0.2, 0.25) is 0 Å². The molecule has 0 unspecified atom stereocenters. The first-order chi connectivity index (χ1) is 12.2. The molecule has 0 aliphatic carbocycles. The number of amides is 2. The van der Waals surface area contributed by atoms with Crippen molar-refractivity contribution < 1.29 is 14.3 Å². The van der Waals surface area contributed by atoms with Crippen LogP contribution in [-0.2, 0) is 16.2 Å². The van der Waals surface area contributed by atoms with Gasteiger partial charge in [0.05, 0.1) is 6.21 Å². The Morgan fingerprint density at radius 2 is 1.76 bits per heavy atom. The first kappa shape index (κ1) is 17.9. The first-order valence-electron chi connectivity index (χ1n) is 7.68. The molecule has 25 heavy (non-hydrogen) atoms. The summed E-state index contributed by atoms with van der Waals surface area (Å²) < 4.78 is 5.79. The van der Waals surface area contributed by atoms with Gasteiger partial charge in [0, 0.05) is 12.1 Å². The Labute approximate surface area is 146 Å². The van der Waals surface area contributed by atoms with E-state index in [2.05, 4.69) is 22.4 Å². The zero-order valence-corrected chi connectivity index (χ0v) is 13.6. The minimum Gasteiger partial charge on any atom is -0.488 e. The highest BCUT2D eigenvalue weighted by Gasteiger charge is 2.10. The molecule has 0 aromatic heterocycles. The fourth-order valence-electron chi connectivity index (χ4n) is 1.91. The molecule has 128 valence electrons. The molecule has 0 aliphatic heterocycles. The predicted molar refractivity (Wildman–Crippen MR) is 96.2 cm³/mol. The lowest BCUT2D eigenvalue weighted by Gasteiger charge is -2.08. The maximum Gasteiger partial charge on any atom is 0.329 e. The van der Waals surface area contributed by atoms with Crippen LogP contribution in [0.2, 0.25) is 0 Å². The van der Waals surface area contributed by atoms with E-state index in [1.54, 1.807) is 6.07 Å². The number of hydrogen-bond acceptors (Lipinski definition) is 4. The molecule has 0 heterocycles. The van der Waals surface area contributed by atoms with Gasteiger partial charge in [-0.2, -0.15) is 5.10 Å². The van der Waals surface area contributed by atoms with Crippen molar-refractivity contribution in [3.63, 3.8) is 0 Å². The van der Waals surface area contributed by atoms with Crippen molar-refractivity contribution in [3.8, 4) is 5.75 Å². The monoisotopic (exact) mass is 337 g/mol. The van der Waals surface area contributed by atoms with E-state index in [1.807, 2.05) is 48.5 Å². The fraction of sp³-hybridized carbons (Fsp3) is 0.105. The Morgan fingerprint density at radius 3 is 2.52 bits per heavy atom. The van der Waals surface area contributed by atoms with E-state index in [0.717, 1.165) is 5.56 Å². The van der Waals surface area contributed by atoms with Crippen molar-refractivity contribution in [3.05, 3.63) is 78.4 Å². The number of hydrogen-bond donors (Lipinski definition) is 2. The van der Waals surface area contributed by atoms with Crippen LogP contribution in [0, 0.1) is 0 Å². The van der Waals surface area contributed by atoms with Gasteiger partial charge in [-0.15, -0.1) is 6.58 Å². The number of hydrazone groups is 1. The van der Waals surface area contributed by atoms with Crippen molar-refractivity contribution in [1.29, 1.82) is 0 Å². The van der Waals surface area contributed by atoms with E-state index in [4.69, 9.17) is 4.74 Å². The summed E-state index contributed by atoms with van der Waals surface area (Å²) in [5.74, 6) is -0.994. The summed E-state index contributed by atoms with van der Waals surface area (Å²) in [6.07, 6.45) is 2.91. The van der Waals surface area contributed by atoms with E-state index < -0.39 is 11.8 Å². The molecule has 6 heteroatoms. The van der Waals surface area contributed by atoms with Crippen LogP contribution in [-0.4, -0.2) is 24.6 Å². The largest absolute Gasteiger partial charge is 0.488 e. The second-order valence-electron chi connectivity index (χ2n) is 5.01. The van der Waals surface area contributed by atoms with Crippen molar-refractivity contribution in [2.45, 2.75) is 6.61 Å². The van der Waals surface area contributed by atoms with Crippen LogP contribution in [0.15, 0.2) is 72.4 Å². The highest BCUT2D eigenvalue weighted by atomic mass is 16.5. The molecule has 0 radical (unpaired) electrons. The lowest BCUT2D eigenvalue weighted by molar-refractivity contribution is -0.139. The molecule has 0 saturated carbocycles. The van der Waals surface area contributed by atoms with Crippen LogP contribution in [0.4, 0.5) is 0 Å². The van der Waals surface area contributed by atoms with Gasteiger partial charge >= 0.3 is 11.8 Å². The standard InChI is InChI=1S/C19H19N3O3/c1-2-12-20-18(23)19(24)22-21-13-16-10-6-7-11-17(16)25-14-15-8-4-3-5-9-15/h2-11,13H,1,12,14H2,(H,20,23)(H,22,24)/b21-13-. The van der Waals surface area contributed by atoms with Gasteiger partial charge in [-0.25, -0.2) is 5.43 Å². The number of carbonyl (C=O) groups excluding carboxylic acids is 2. The third-order valence-electron chi connectivity index (χ3n) is 3.14. The zero-order chi connectivity index (χ0) is 17.9. The molecule has 2 rings (SSSR count). The molecule has 2 aromatic rings. The number of benzene rings is 2. The maximum absolute atomic E-state index is 11.5. The van der Waals surface area contributed by atoms with Gasteiger partial charge in [-0.05, 0) is 17.7 Å². The Kier molecular flexibility index (Phi) is 6.94. The molecule has 0 spiro atoms. The fourth-order valence-corrected chi connectivity index (χ4v) is 1.91. The van der Waals surface area contributed by atoms with Crippen LogP contribution >= 0.6 is 0 Å². The molecule has 2 aromatic carbocycles. The van der Waals surface area contributed by atoms with Crippen LogP contribution in [0.25, 0.3) is 0 Å². The third-order valence-corrected chi connectivity index (χ3v) is 3.14. The number of rotatable bonds is 7. The molecule has 0 saturated heterocycles. The van der Waals surface area contributed by atoms with E-state index in [1.165, 1.54) is 12.3 Å². The minimum absolute atomic E-state index is 0.214. The van der Waals surface area contributed by atoms with Gasteiger partial charge < -0.3 is 10.1 Å². The summed E-state index contributed by atoms with van der Waals surface area (Å²) in [5.41, 5.74) is 3.90. The highest BCUT2D eigenvalue weighted by molar-refractivity contribution is 6.35. The molecular weight excluding hydrogens is 318 g/mol. The molecule has 2 N–H and O–H groups in total. The molecule has 0 bridgehead atoms. The van der Waals surface area contributed by atoms with Crippen molar-refractivity contribution in [2.75, 3.05) is 6.54 Å². The highest BCUT2D eigenvalue weighted by Crippen LogP contribution is 2.17. The van der Waals surface area contributed by atoms with Crippen LogP contribution in [0.3, 0.4) is 0 Å². The maximum atomic E-state index is 11.5. The number of nitrogens with one attached hydrogen (secondary N) is 2. The van der Waals surface area contributed by atoms with Crippen molar-refractivity contribution >= 4 is 18.0 Å². The quantitative estimate of drug-likeness (QED) is 0.351. The average molecular weight is 337 g/mol. The van der Waals surface area contributed by atoms with Gasteiger partial charge in [0.25, 0.3) is 0 Å². The van der Waals surface area contributed by atoms with E-state index in [-0.39, 0.29) is 6.54 Å². The van der Waals surface area contributed by atoms with Crippen LogP contribution in [0.1, 0.15) is 11.1 Å². The van der Waals surface area contributed by atoms with Crippen molar-refractivity contribution in [2.24, 2.45) is 5.10 Å². The predicted octanol–water partition coefficient (Wildman–Crippen LogP) is 2.02. The Bertz CT molecular complexity index is 758. The van der Waals surface area contributed by atoms with Gasteiger partial charge in [-0.3, -0.25) is 9.59 Å². The van der Waals surface area contributed by atoms with Gasteiger partial charge in [0.15, 0.2) is 0 Å². The normalized spacial score (nSPS) is 10.2. The molecule has 0 atom stereocenters. The second-order valence-corrected chi connectivity index (χ2v) is 5.01. The summed E-state index contributed by atoms with van der Waals surface area (Å²) in [7, 11) is 0. The summed E-state index contributed by atoms with van der Waals surface area (Å²) in [6, 6.07) is 17.1. The lowest BCUT2D eigenvalue weighted by Crippen LogP contribution is -2.37. The summed E-state index contributed by atoms with van der Waals surface area (Å²) >= 11 is 0. The van der Waals surface area contributed by atoms with E-state index in [0.29, 0.717) is 17.9 Å². The average Bonchev–Trinajstić information content (AvgIpc) is 2.66. The number of ether oxygens (including phenoxy) is 1. The van der Waals surface area contributed by atoms with Crippen LogP contribution < -0.4 is 15.5 Å². The molecule has 0 fully saturated rings. The van der Waals surface area contributed by atoms with Gasteiger partial charge in [-0.1, -0.05) is 48.5 Å². The number of para-hydroxylation sites is 1. The SMILES string of the molecule is C=CCNC(=O)C(=O)N/N=C\c1ccccc1OCc1ccccc1. The summed E-state index contributed by atoms with van der Waals surface area (Å²) in [4.78, 5) is 22.9. The Morgan fingerprint density at radius 1 is 1.04 bits per heavy atom. The second kappa shape index (κ2) is 9.67. The minimum atomic E-state index is -0.846. The van der Waals surface area contributed by atoms with E-state index in [9.17, 15) is 9.59 Å². The van der Waals surface area contributed by atoms with Crippen LogP contribution in [0.5, 0.6) is 5.75 Å². The zero-order valence-electron chi connectivity index (χ0n) is 13.6. The summed E-state index contributed by atoms with van der Waals surface area (Å²) in [5, 5.41) is 6.16. The molecule has 6 nitrogen and oxygen atoms in total. The number of nitrogens with zero attached hydrogens (tertiary/aromatic N) is 1. The smallest absolute Gasteiger partial charge is 0.329 e. The first-order valence-corrected chi connectivity index (χ1v) is 7.68. The van der Waals surface area contributed by atoms with Crippen molar-refractivity contribution in [1.82, 2.24) is 10.7 Å². The summed E-state index contributed by atoms with van der Waals surface area (Å²) in [6.45, 7) is 4.09. The van der Waals surface area contributed by atoms with E-state index >= 15 is 0 Å².